The van der Waals surface area contributed by atoms with Gasteiger partial charge in [0.1, 0.15) is 6.04 Å². The summed E-state index contributed by atoms with van der Waals surface area (Å²) < 4.78 is 0. The van der Waals surface area contributed by atoms with Gasteiger partial charge in [0.25, 0.3) is 0 Å². The summed E-state index contributed by atoms with van der Waals surface area (Å²) in [7, 11) is 0. The lowest BCUT2D eigenvalue weighted by atomic mass is 9.94. The normalized spacial score (nSPS) is 14.6. The summed E-state index contributed by atoms with van der Waals surface area (Å²) in [6.07, 6.45) is 6.06. The Labute approximate surface area is 225 Å². The van der Waals surface area contributed by atoms with E-state index in [-0.39, 0.29) is 17.9 Å². The van der Waals surface area contributed by atoms with Crippen LogP contribution in [0.5, 0.6) is 0 Å². The molecule has 1 saturated carbocycles. The van der Waals surface area contributed by atoms with Crippen molar-refractivity contribution in [2.24, 2.45) is 0 Å². The zero-order valence-corrected chi connectivity index (χ0v) is 22.6. The second kappa shape index (κ2) is 14.0. The lowest BCUT2D eigenvalue weighted by molar-refractivity contribution is -0.139. The van der Waals surface area contributed by atoms with E-state index in [2.05, 4.69) is 36.5 Å². The third-order valence-corrected chi connectivity index (χ3v) is 8.15. The van der Waals surface area contributed by atoms with Crippen molar-refractivity contribution in [3.8, 4) is 0 Å². The Morgan fingerprint density at radius 2 is 1.49 bits per heavy atom. The van der Waals surface area contributed by atoms with Crippen LogP contribution < -0.4 is 5.32 Å². The fourth-order valence-electron chi connectivity index (χ4n) is 4.98. The van der Waals surface area contributed by atoms with E-state index in [1.165, 1.54) is 12.0 Å². The van der Waals surface area contributed by atoms with Gasteiger partial charge in [-0.05, 0) is 42.0 Å². The molecule has 0 radical (unpaired) electrons. The summed E-state index contributed by atoms with van der Waals surface area (Å²) in [5.41, 5.74) is 4.46. The molecule has 0 saturated heterocycles. The number of aryl methyl sites for hydroxylation is 1. The van der Waals surface area contributed by atoms with Gasteiger partial charge in [0.2, 0.25) is 11.8 Å². The monoisotopic (exact) mass is 514 g/mol. The van der Waals surface area contributed by atoms with Crippen LogP contribution in [0.2, 0.25) is 0 Å². The number of benzene rings is 3. The van der Waals surface area contributed by atoms with E-state index in [4.69, 9.17) is 0 Å². The number of rotatable bonds is 11. The minimum absolute atomic E-state index is 0.00362. The zero-order chi connectivity index (χ0) is 25.9. The number of carbonyl (C=O) groups excluding carboxylic acids is 2. The Bertz CT molecular complexity index is 1130. The van der Waals surface area contributed by atoms with E-state index in [1.54, 1.807) is 11.8 Å². The number of amides is 2. The summed E-state index contributed by atoms with van der Waals surface area (Å²) in [5.74, 6) is 1.07. The quantitative estimate of drug-likeness (QED) is 0.326. The molecule has 0 heterocycles. The molecule has 3 aromatic rings. The predicted octanol–water partition coefficient (Wildman–Crippen LogP) is 6.32. The van der Waals surface area contributed by atoms with Gasteiger partial charge in [-0.15, -0.1) is 11.8 Å². The molecule has 4 nitrogen and oxygen atoms in total. The molecular weight excluding hydrogens is 476 g/mol. The van der Waals surface area contributed by atoms with E-state index >= 15 is 0 Å². The van der Waals surface area contributed by atoms with Crippen molar-refractivity contribution in [3.63, 3.8) is 0 Å². The van der Waals surface area contributed by atoms with Gasteiger partial charge in [0, 0.05) is 24.8 Å². The molecule has 1 aliphatic carbocycles. The fraction of sp³-hybridized carbons (Fsp3) is 0.375. The van der Waals surface area contributed by atoms with Crippen molar-refractivity contribution >= 4 is 23.6 Å². The van der Waals surface area contributed by atoms with Crippen LogP contribution >= 0.6 is 11.8 Å². The van der Waals surface area contributed by atoms with Crippen molar-refractivity contribution < 1.29 is 9.59 Å². The van der Waals surface area contributed by atoms with Gasteiger partial charge in [0.15, 0.2) is 0 Å². The van der Waals surface area contributed by atoms with Gasteiger partial charge in [-0.2, -0.15) is 0 Å². The summed E-state index contributed by atoms with van der Waals surface area (Å²) in [6, 6.07) is 28.0. The smallest absolute Gasteiger partial charge is 0.243 e. The van der Waals surface area contributed by atoms with Crippen LogP contribution in [0, 0.1) is 6.92 Å². The second-order valence-electron chi connectivity index (χ2n) is 9.98. The maximum atomic E-state index is 13.8. The number of nitrogens with one attached hydrogen (secondary N) is 1. The van der Waals surface area contributed by atoms with Crippen LogP contribution in [0.3, 0.4) is 0 Å². The van der Waals surface area contributed by atoms with Gasteiger partial charge >= 0.3 is 0 Å². The first kappa shape index (κ1) is 27.0. The van der Waals surface area contributed by atoms with Crippen molar-refractivity contribution in [2.45, 2.75) is 69.8 Å². The fourth-order valence-corrected chi connectivity index (χ4v) is 5.85. The minimum atomic E-state index is -0.561. The molecular formula is C32H38N2O2S. The van der Waals surface area contributed by atoms with Crippen LogP contribution in [0.15, 0.2) is 84.9 Å². The molecule has 37 heavy (non-hydrogen) atoms. The molecule has 5 heteroatoms. The summed E-state index contributed by atoms with van der Waals surface area (Å²) >= 11 is 1.61. The number of hydrogen-bond donors (Lipinski definition) is 1. The van der Waals surface area contributed by atoms with E-state index in [0.29, 0.717) is 18.7 Å². The number of carbonyl (C=O) groups is 2. The third kappa shape index (κ3) is 8.22. The molecule has 1 unspecified atom stereocenters. The van der Waals surface area contributed by atoms with Gasteiger partial charge in [-0.25, -0.2) is 0 Å². The molecule has 2 amide bonds. The molecule has 3 aromatic carbocycles. The van der Waals surface area contributed by atoms with Crippen LogP contribution in [-0.4, -0.2) is 34.6 Å². The SMILES string of the molecule is Cc1ccccc1CN(C(=O)CSCc1ccccc1)C(Cc1ccccc1)C(=O)NC1CCCCC1. The molecule has 194 valence electrons. The lowest BCUT2D eigenvalue weighted by Gasteiger charge is -2.34. The second-order valence-corrected chi connectivity index (χ2v) is 11.0. The summed E-state index contributed by atoms with van der Waals surface area (Å²) in [4.78, 5) is 29.4. The average molecular weight is 515 g/mol. The molecule has 4 rings (SSSR count). The highest BCUT2D eigenvalue weighted by Crippen LogP contribution is 2.22. The maximum Gasteiger partial charge on any atom is 0.243 e. The largest absolute Gasteiger partial charge is 0.352 e. The Morgan fingerprint density at radius 3 is 2.16 bits per heavy atom. The molecule has 1 atom stereocenters. The standard InChI is InChI=1S/C32H38N2O2S/c1-25-13-11-12-18-28(25)22-34(31(35)24-37-23-27-16-7-3-8-17-27)30(21-26-14-5-2-6-15-26)32(36)33-29-19-9-4-10-20-29/h2-3,5-8,11-18,29-30H,4,9-10,19-24H2,1H3,(H,33,36). The van der Waals surface area contributed by atoms with E-state index < -0.39 is 6.04 Å². The first-order valence-corrected chi connectivity index (χ1v) is 14.6. The molecule has 1 aliphatic rings. The Balaban J connectivity index is 1.57. The Kier molecular flexibility index (Phi) is 10.2. The molecule has 1 fully saturated rings. The molecule has 0 spiro atoms. The van der Waals surface area contributed by atoms with Gasteiger partial charge in [0.05, 0.1) is 5.75 Å². The van der Waals surface area contributed by atoms with Crippen LogP contribution in [0.1, 0.15) is 54.4 Å². The topological polar surface area (TPSA) is 49.4 Å². The number of thioether (sulfide) groups is 1. The van der Waals surface area contributed by atoms with Crippen molar-refractivity contribution in [2.75, 3.05) is 5.75 Å². The number of nitrogens with zero attached hydrogens (tertiary/aromatic N) is 1. The van der Waals surface area contributed by atoms with E-state index in [0.717, 1.165) is 48.1 Å². The highest BCUT2D eigenvalue weighted by Gasteiger charge is 2.32. The van der Waals surface area contributed by atoms with Crippen LogP contribution in [0.25, 0.3) is 0 Å². The molecule has 0 aromatic heterocycles. The van der Waals surface area contributed by atoms with Crippen molar-refractivity contribution in [1.29, 1.82) is 0 Å². The molecule has 0 aliphatic heterocycles. The Hall–Kier alpha value is -3.05. The van der Waals surface area contributed by atoms with Crippen LogP contribution in [0.4, 0.5) is 0 Å². The highest BCUT2D eigenvalue weighted by atomic mass is 32.2. The molecule has 0 bridgehead atoms. The Morgan fingerprint density at radius 1 is 0.865 bits per heavy atom. The first-order valence-electron chi connectivity index (χ1n) is 13.4. The lowest BCUT2D eigenvalue weighted by Crippen LogP contribution is -2.53. The first-order chi connectivity index (χ1) is 18.1. The minimum Gasteiger partial charge on any atom is -0.352 e. The summed E-state index contributed by atoms with van der Waals surface area (Å²) in [6.45, 7) is 2.49. The number of hydrogen-bond acceptors (Lipinski definition) is 3. The van der Waals surface area contributed by atoms with Gasteiger partial charge in [-0.3, -0.25) is 9.59 Å². The van der Waals surface area contributed by atoms with E-state index in [1.807, 2.05) is 65.6 Å². The van der Waals surface area contributed by atoms with Gasteiger partial charge in [-0.1, -0.05) is 104 Å². The maximum absolute atomic E-state index is 13.8. The van der Waals surface area contributed by atoms with Crippen molar-refractivity contribution in [3.05, 3.63) is 107 Å². The van der Waals surface area contributed by atoms with Crippen molar-refractivity contribution in [1.82, 2.24) is 10.2 Å². The average Bonchev–Trinajstić information content (AvgIpc) is 2.93. The molecule has 1 N–H and O–H groups in total. The van der Waals surface area contributed by atoms with Crippen LogP contribution in [-0.2, 0) is 28.3 Å². The van der Waals surface area contributed by atoms with E-state index in [9.17, 15) is 9.59 Å². The summed E-state index contributed by atoms with van der Waals surface area (Å²) in [5, 5.41) is 3.32. The predicted molar refractivity (Wildman–Crippen MR) is 153 cm³/mol. The highest BCUT2D eigenvalue weighted by molar-refractivity contribution is 7.99. The third-order valence-electron chi connectivity index (χ3n) is 7.16. The zero-order valence-electron chi connectivity index (χ0n) is 21.8. The van der Waals surface area contributed by atoms with Gasteiger partial charge < -0.3 is 10.2 Å².